The van der Waals surface area contributed by atoms with Gasteiger partial charge in [0.25, 0.3) is 0 Å². The van der Waals surface area contributed by atoms with Gasteiger partial charge in [-0.3, -0.25) is 4.79 Å². The molecule has 19 heavy (non-hydrogen) atoms. The highest BCUT2D eigenvalue weighted by molar-refractivity contribution is 5.78. The molecule has 1 heterocycles. The average molecular weight is 258 g/mol. The quantitative estimate of drug-likeness (QED) is 0.823. The van der Waals surface area contributed by atoms with E-state index in [0.29, 0.717) is 13.0 Å². The van der Waals surface area contributed by atoms with Gasteiger partial charge in [-0.2, -0.15) is 0 Å². The summed E-state index contributed by atoms with van der Waals surface area (Å²) >= 11 is 0. The Morgan fingerprint density at radius 1 is 1.21 bits per heavy atom. The van der Waals surface area contributed by atoms with Gasteiger partial charge in [0.05, 0.1) is 6.42 Å². The van der Waals surface area contributed by atoms with E-state index in [4.69, 9.17) is 0 Å². The van der Waals surface area contributed by atoms with Crippen molar-refractivity contribution in [3.63, 3.8) is 0 Å². The highest BCUT2D eigenvalue weighted by Crippen LogP contribution is 2.20. The van der Waals surface area contributed by atoms with Crippen molar-refractivity contribution in [1.82, 2.24) is 5.32 Å². The van der Waals surface area contributed by atoms with Crippen LogP contribution >= 0.6 is 0 Å². The van der Waals surface area contributed by atoms with Crippen LogP contribution in [0, 0.1) is 0 Å². The molecule has 0 aromatic heterocycles. The second-order valence-corrected chi connectivity index (χ2v) is 4.98. The number of benzene rings is 1. The largest absolute Gasteiger partial charge is 0.372 e. The van der Waals surface area contributed by atoms with Gasteiger partial charge in [-0.05, 0) is 37.0 Å². The number of carbonyl (C=O) groups excluding carboxylic acids is 1. The van der Waals surface area contributed by atoms with Crippen molar-refractivity contribution < 1.29 is 4.79 Å². The van der Waals surface area contributed by atoms with Crippen molar-refractivity contribution in [3.05, 3.63) is 42.5 Å². The molecule has 1 aromatic carbocycles. The summed E-state index contributed by atoms with van der Waals surface area (Å²) in [6.45, 7) is 6.42. The molecule has 0 spiro atoms. The first-order valence-electron chi connectivity index (χ1n) is 7.01. The van der Waals surface area contributed by atoms with Crippen LogP contribution in [0.5, 0.6) is 0 Å². The predicted molar refractivity (Wildman–Crippen MR) is 79.4 cm³/mol. The van der Waals surface area contributed by atoms with Crippen LogP contribution in [0.3, 0.4) is 0 Å². The van der Waals surface area contributed by atoms with Gasteiger partial charge < -0.3 is 10.2 Å². The minimum Gasteiger partial charge on any atom is -0.372 e. The van der Waals surface area contributed by atoms with Crippen LogP contribution in [-0.4, -0.2) is 25.5 Å². The number of nitrogens with zero attached hydrogens (tertiary/aromatic N) is 1. The fraction of sp³-hybridized carbons (Fsp3) is 0.438. The third-order valence-corrected chi connectivity index (χ3v) is 3.47. The summed E-state index contributed by atoms with van der Waals surface area (Å²) in [4.78, 5) is 14.0. The fourth-order valence-corrected chi connectivity index (χ4v) is 2.41. The summed E-state index contributed by atoms with van der Waals surface area (Å²) in [5, 5.41) is 2.79. The first-order valence-corrected chi connectivity index (χ1v) is 7.01. The van der Waals surface area contributed by atoms with Crippen molar-refractivity contribution >= 4 is 11.6 Å². The van der Waals surface area contributed by atoms with Gasteiger partial charge in [0.15, 0.2) is 0 Å². The summed E-state index contributed by atoms with van der Waals surface area (Å²) in [5.41, 5.74) is 2.33. The topological polar surface area (TPSA) is 32.3 Å². The molecule has 1 fully saturated rings. The van der Waals surface area contributed by atoms with Gasteiger partial charge in [0, 0.05) is 25.3 Å². The third-order valence-electron chi connectivity index (χ3n) is 3.47. The van der Waals surface area contributed by atoms with Crippen LogP contribution in [-0.2, 0) is 11.2 Å². The average Bonchev–Trinajstić information content (AvgIpc) is 2.47. The van der Waals surface area contributed by atoms with Gasteiger partial charge in [-0.1, -0.05) is 18.2 Å². The van der Waals surface area contributed by atoms with E-state index < -0.39 is 0 Å². The molecule has 0 atom stereocenters. The predicted octanol–water partition coefficient (Wildman–Crippen LogP) is 2.52. The Morgan fingerprint density at radius 2 is 1.89 bits per heavy atom. The van der Waals surface area contributed by atoms with Gasteiger partial charge >= 0.3 is 0 Å². The molecule has 3 heteroatoms. The van der Waals surface area contributed by atoms with Gasteiger partial charge in [0.1, 0.15) is 0 Å². The number of hydrogen-bond donors (Lipinski definition) is 1. The minimum atomic E-state index is 0.0469. The molecule has 1 aromatic rings. The van der Waals surface area contributed by atoms with Crippen molar-refractivity contribution in [2.24, 2.45) is 0 Å². The summed E-state index contributed by atoms with van der Waals surface area (Å²) in [7, 11) is 0. The Kier molecular flexibility index (Phi) is 5.01. The maximum atomic E-state index is 11.6. The lowest BCUT2D eigenvalue weighted by Gasteiger charge is -2.28. The van der Waals surface area contributed by atoms with E-state index >= 15 is 0 Å². The second-order valence-electron chi connectivity index (χ2n) is 4.98. The lowest BCUT2D eigenvalue weighted by Crippen LogP contribution is -2.29. The van der Waals surface area contributed by atoms with Crippen molar-refractivity contribution in [2.75, 3.05) is 24.5 Å². The standard InChI is InChI=1S/C16H22N2O/c1-2-10-17-16(19)13-14-6-8-15(9-7-14)18-11-4-3-5-12-18/h2,6-9H,1,3-5,10-13H2,(H,17,19). The smallest absolute Gasteiger partial charge is 0.224 e. The molecule has 0 aliphatic carbocycles. The molecule has 0 unspecified atom stereocenters. The van der Waals surface area contributed by atoms with Crippen LogP contribution in [0.15, 0.2) is 36.9 Å². The lowest BCUT2D eigenvalue weighted by molar-refractivity contribution is -0.120. The summed E-state index contributed by atoms with van der Waals surface area (Å²) in [5.74, 6) is 0.0469. The van der Waals surface area contributed by atoms with E-state index in [2.05, 4.69) is 41.1 Å². The van der Waals surface area contributed by atoms with E-state index in [1.807, 2.05) is 0 Å². The van der Waals surface area contributed by atoms with Gasteiger partial charge in [0.2, 0.25) is 5.91 Å². The Labute approximate surface area is 115 Å². The Hall–Kier alpha value is -1.77. The van der Waals surface area contributed by atoms with Crippen LogP contribution in [0.25, 0.3) is 0 Å². The van der Waals surface area contributed by atoms with Crippen molar-refractivity contribution in [3.8, 4) is 0 Å². The maximum absolute atomic E-state index is 11.6. The molecule has 0 saturated carbocycles. The summed E-state index contributed by atoms with van der Waals surface area (Å²) < 4.78 is 0. The Morgan fingerprint density at radius 3 is 2.53 bits per heavy atom. The molecule has 1 amide bonds. The van der Waals surface area contributed by atoms with Crippen LogP contribution in [0.1, 0.15) is 24.8 Å². The molecule has 0 bridgehead atoms. The Balaban J connectivity index is 1.90. The van der Waals surface area contributed by atoms with Gasteiger partial charge in [-0.25, -0.2) is 0 Å². The molecule has 2 rings (SSSR count). The molecule has 3 nitrogen and oxygen atoms in total. The normalized spacial score (nSPS) is 15.1. The van der Waals surface area contributed by atoms with Crippen molar-refractivity contribution in [2.45, 2.75) is 25.7 Å². The van der Waals surface area contributed by atoms with Crippen LogP contribution in [0.4, 0.5) is 5.69 Å². The number of anilines is 1. The number of nitrogens with one attached hydrogen (secondary N) is 1. The summed E-state index contributed by atoms with van der Waals surface area (Å²) in [6.07, 6.45) is 6.04. The maximum Gasteiger partial charge on any atom is 0.224 e. The number of amides is 1. The highest BCUT2D eigenvalue weighted by atomic mass is 16.1. The molecule has 1 N–H and O–H groups in total. The molecular weight excluding hydrogens is 236 g/mol. The summed E-state index contributed by atoms with van der Waals surface area (Å²) in [6, 6.07) is 8.36. The SMILES string of the molecule is C=CCNC(=O)Cc1ccc(N2CCCCC2)cc1. The number of carbonyl (C=O) groups is 1. The first kappa shape index (κ1) is 13.7. The van der Waals surface area contributed by atoms with E-state index in [1.54, 1.807) is 6.08 Å². The van der Waals surface area contributed by atoms with Crippen LogP contribution < -0.4 is 10.2 Å². The van der Waals surface area contributed by atoms with Crippen LogP contribution in [0.2, 0.25) is 0 Å². The number of rotatable bonds is 5. The zero-order valence-corrected chi connectivity index (χ0v) is 11.4. The van der Waals surface area contributed by atoms with E-state index in [-0.39, 0.29) is 5.91 Å². The molecule has 1 aliphatic heterocycles. The number of hydrogen-bond acceptors (Lipinski definition) is 2. The van der Waals surface area contributed by atoms with Gasteiger partial charge in [-0.15, -0.1) is 6.58 Å². The lowest BCUT2D eigenvalue weighted by atomic mass is 10.1. The zero-order valence-electron chi connectivity index (χ0n) is 11.4. The monoisotopic (exact) mass is 258 g/mol. The molecule has 1 saturated heterocycles. The molecule has 102 valence electrons. The molecule has 0 radical (unpaired) electrons. The minimum absolute atomic E-state index is 0.0469. The van der Waals surface area contributed by atoms with Crippen molar-refractivity contribution in [1.29, 1.82) is 0 Å². The Bertz CT molecular complexity index is 419. The van der Waals surface area contributed by atoms with E-state index in [9.17, 15) is 4.79 Å². The molecular formula is C16H22N2O. The first-order chi connectivity index (χ1) is 9.29. The highest BCUT2D eigenvalue weighted by Gasteiger charge is 2.10. The van der Waals surface area contributed by atoms with E-state index in [0.717, 1.165) is 18.7 Å². The fourth-order valence-electron chi connectivity index (χ4n) is 2.41. The third kappa shape index (κ3) is 4.12. The number of piperidine rings is 1. The van der Waals surface area contributed by atoms with E-state index in [1.165, 1.54) is 24.9 Å². The second kappa shape index (κ2) is 6.98. The molecule has 1 aliphatic rings. The zero-order chi connectivity index (χ0) is 13.5.